The number of aryl methyl sites for hydroxylation is 2. The van der Waals surface area contributed by atoms with E-state index in [0.717, 1.165) is 33.9 Å². The number of hydrogen-bond acceptors (Lipinski definition) is 3. The highest BCUT2D eigenvalue weighted by molar-refractivity contribution is 7.80. The minimum absolute atomic E-state index is 0.0893. The lowest BCUT2D eigenvalue weighted by Crippen LogP contribution is -2.32. The zero-order valence-electron chi connectivity index (χ0n) is 21.6. The number of thiocarbonyl (C=S) groups is 1. The van der Waals surface area contributed by atoms with Crippen molar-refractivity contribution in [1.29, 1.82) is 0 Å². The number of benzene rings is 2. The quantitative estimate of drug-likeness (QED) is 0.292. The monoisotopic (exact) mass is 527 g/mol. The van der Waals surface area contributed by atoms with Gasteiger partial charge in [-0.2, -0.15) is 0 Å². The number of halogens is 1. The first-order valence-electron chi connectivity index (χ1n) is 12.6. The molecule has 1 aliphatic heterocycles. The van der Waals surface area contributed by atoms with E-state index >= 15 is 0 Å². The van der Waals surface area contributed by atoms with E-state index < -0.39 is 0 Å². The van der Waals surface area contributed by atoms with Crippen LogP contribution in [0.3, 0.4) is 0 Å². The van der Waals surface area contributed by atoms with Gasteiger partial charge in [0.05, 0.1) is 23.5 Å². The molecule has 3 heterocycles. The predicted molar refractivity (Wildman–Crippen MR) is 152 cm³/mol. The fraction of sp³-hybridized carbons (Fsp3) is 0.233. The molecule has 2 atom stereocenters. The number of hydrogen-bond donors (Lipinski definition) is 2. The molecule has 8 heteroatoms. The van der Waals surface area contributed by atoms with Crippen LogP contribution >= 0.6 is 12.2 Å². The number of pyridine rings is 1. The van der Waals surface area contributed by atoms with E-state index in [9.17, 15) is 9.18 Å². The SMILES string of the molecule is Cc1ccc(NC(=O)CCN2C(=S)N[C@H](c3ccccn3)[C@H]2c2cc(C)n(-c3ccccc3F)c2C)cc1. The number of rotatable bonds is 7. The third-order valence-corrected chi connectivity index (χ3v) is 7.35. The molecule has 1 fully saturated rings. The summed E-state index contributed by atoms with van der Waals surface area (Å²) in [5, 5.41) is 6.97. The fourth-order valence-electron chi connectivity index (χ4n) is 5.16. The number of amides is 1. The second-order valence-electron chi connectivity index (χ2n) is 9.60. The summed E-state index contributed by atoms with van der Waals surface area (Å²) in [7, 11) is 0. The molecule has 2 N–H and O–H groups in total. The smallest absolute Gasteiger partial charge is 0.226 e. The van der Waals surface area contributed by atoms with Crippen molar-refractivity contribution in [1.82, 2.24) is 19.8 Å². The number of aromatic nitrogens is 2. The molecule has 0 saturated carbocycles. The van der Waals surface area contributed by atoms with Crippen LogP contribution in [-0.4, -0.2) is 32.0 Å². The predicted octanol–water partition coefficient (Wildman–Crippen LogP) is 5.94. The van der Waals surface area contributed by atoms with E-state index in [2.05, 4.69) is 26.6 Å². The van der Waals surface area contributed by atoms with E-state index in [1.165, 1.54) is 6.07 Å². The lowest BCUT2D eigenvalue weighted by molar-refractivity contribution is -0.116. The van der Waals surface area contributed by atoms with Crippen LogP contribution in [0, 0.1) is 26.6 Å². The molecule has 2 aromatic heterocycles. The van der Waals surface area contributed by atoms with Crippen LogP contribution in [0.4, 0.5) is 10.1 Å². The summed E-state index contributed by atoms with van der Waals surface area (Å²) >= 11 is 5.78. The molecule has 1 aliphatic rings. The van der Waals surface area contributed by atoms with Crippen molar-refractivity contribution in [3.8, 4) is 5.69 Å². The molecule has 38 heavy (non-hydrogen) atoms. The van der Waals surface area contributed by atoms with Gasteiger partial charge in [0.25, 0.3) is 0 Å². The molecule has 0 spiro atoms. The second kappa shape index (κ2) is 10.8. The van der Waals surface area contributed by atoms with Crippen LogP contribution in [0.5, 0.6) is 0 Å². The van der Waals surface area contributed by atoms with E-state index in [1.807, 2.05) is 73.9 Å². The average molecular weight is 528 g/mol. The Hall–Kier alpha value is -4.04. The Morgan fingerprint density at radius 3 is 2.50 bits per heavy atom. The molecule has 2 aromatic carbocycles. The van der Waals surface area contributed by atoms with E-state index in [1.54, 1.807) is 18.3 Å². The highest BCUT2D eigenvalue weighted by Gasteiger charge is 2.41. The van der Waals surface area contributed by atoms with Gasteiger partial charge in [0.1, 0.15) is 5.82 Å². The van der Waals surface area contributed by atoms with Gasteiger partial charge in [-0.3, -0.25) is 9.78 Å². The van der Waals surface area contributed by atoms with Gasteiger partial charge in [-0.15, -0.1) is 0 Å². The Morgan fingerprint density at radius 2 is 1.79 bits per heavy atom. The molecule has 1 amide bonds. The number of para-hydroxylation sites is 1. The molecule has 0 unspecified atom stereocenters. The van der Waals surface area contributed by atoms with Crippen molar-refractivity contribution >= 4 is 28.9 Å². The summed E-state index contributed by atoms with van der Waals surface area (Å²) < 4.78 is 16.7. The first-order chi connectivity index (χ1) is 18.3. The van der Waals surface area contributed by atoms with Gasteiger partial charge in [-0.05, 0) is 81.0 Å². The Labute approximate surface area is 227 Å². The van der Waals surface area contributed by atoms with Crippen molar-refractivity contribution in [2.75, 3.05) is 11.9 Å². The molecular formula is C30H30FN5OS. The summed E-state index contributed by atoms with van der Waals surface area (Å²) in [6, 6.07) is 21.9. The topological polar surface area (TPSA) is 62.2 Å². The van der Waals surface area contributed by atoms with Crippen LogP contribution in [-0.2, 0) is 4.79 Å². The van der Waals surface area contributed by atoms with E-state index in [4.69, 9.17) is 12.2 Å². The summed E-state index contributed by atoms with van der Waals surface area (Å²) in [6.07, 6.45) is 2.02. The Morgan fingerprint density at radius 1 is 1.05 bits per heavy atom. The lowest BCUT2D eigenvalue weighted by Gasteiger charge is -2.28. The van der Waals surface area contributed by atoms with Crippen LogP contribution in [0.1, 0.15) is 46.7 Å². The van der Waals surface area contributed by atoms with Gasteiger partial charge in [-0.1, -0.05) is 35.9 Å². The maximum absolute atomic E-state index is 14.8. The minimum atomic E-state index is -0.285. The summed E-state index contributed by atoms with van der Waals surface area (Å²) in [6.45, 7) is 6.39. The number of anilines is 1. The number of nitrogens with one attached hydrogen (secondary N) is 2. The second-order valence-corrected chi connectivity index (χ2v) is 9.98. The highest BCUT2D eigenvalue weighted by atomic mass is 32.1. The van der Waals surface area contributed by atoms with Gasteiger partial charge in [0.15, 0.2) is 5.11 Å². The van der Waals surface area contributed by atoms with Crippen LogP contribution in [0.2, 0.25) is 0 Å². The van der Waals surface area contributed by atoms with Crippen LogP contribution in [0.25, 0.3) is 5.69 Å². The summed E-state index contributed by atoms with van der Waals surface area (Å²) in [4.78, 5) is 19.5. The van der Waals surface area contributed by atoms with Crippen LogP contribution < -0.4 is 10.6 Å². The molecule has 0 aliphatic carbocycles. The Kier molecular flexibility index (Phi) is 7.24. The van der Waals surface area contributed by atoms with E-state index in [-0.39, 0.29) is 30.2 Å². The number of carbonyl (C=O) groups excluding carboxylic acids is 1. The summed E-state index contributed by atoms with van der Waals surface area (Å²) in [5.41, 5.74) is 6.08. The largest absolute Gasteiger partial charge is 0.352 e. The van der Waals surface area contributed by atoms with Crippen molar-refractivity contribution in [2.24, 2.45) is 0 Å². The highest BCUT2D eigenvalue weighted by Crippen LogP contribution is 2.41. The zero-order chi connectivity index (χ0) is 26.8. The molecule has 194 valence electrons. The van der Waals surface area contributed by atoms with Crippen LogP contribution in [0.15, 0.2) is 79.0 Å². The maximum atomic E-state index is 14.8. The van der Waals surface area contributed by atoms with Gasteiger partial charge < -0.3 is 20.1 Å². The lowest BCUT2D eigenvalue weighted by atomic mass is 9.96. The van der Waals surface area contributed by atoms with E-state index in [0.29, 0.717) is 17.3 Å². The fourth-order valence-corrected chi connectivity index (χ4v) is 5.49. The molecule has 6 nitrogen and oxygen atoms in total. The molecule has 4 aromatic rings. The third kappa shape index (κ3) is 5.04. The van der Waals surface area contributed by atoms with Gasteiger partial charge in [-0.25, -0.2) is 4.39 Å². The summed E-state index contributed by atoms with van der Waals surface area (Å²) in [5.74, 6) is -0.375. The minimum Gasteiger partial charge on any atom is -0.352 e. The normalized spacial score (nSPS) is 16.9. The average Bonchev–Trinajstić information content (AvgIpc) is 3.39. The van der Waals surface area contributed by atoms with Crippen molar-refractivity contribution < 1.29 is 9.18 Å². The standard InChI is InChI=1S/C30H30FN5OS/c1-19-11-13-22(14-12-19)33-27(37)15-17-35-29(28(34-30(35)38)25-9-6-7-16-32-25)23-18-20(2)36(21(23)3)26-10-5-4-8-24(26)31/h4-14,16,18,28-29H,15,17H2,1-3H3,(H,33,37)(H,34,38)/t28-,29-/m1/s1. The zero-order valence-corrected chi connectivity index (χ0v) is 22.4. The molecule has 1 saturated heterocycles. The first-order valence-corrected chi connectivity index (χ1v) is 13.0. The van der Waals surface area contributed by atoms with Gasteiger partial charge >= 0.3 is 0 Å². The molecule has 0 bridgehead atoms. The Bertz CT molecular complexity index is 1470. The Balaban J connectivity index is 1.47. The maximum Gasteiger partial charge on any atom is 0.226 e. The molecule has 0 radical (unpaired) electrons. The number of nitrogens with zero attached hydrogens (tertiary/aromatic N) is 3. The first kappa shape index (κ1) is 25.6. The van der Waals surface area contributed by atoms with Crippen molar-refractivity contribution in [3.63, 3.8) is 0 Å². The van der Waals surface area contributed by atoms with Crippen molar-refractivity contribution in [2.45, 2.75) is 39.3 Å². The van der Waals surface area contributed by atoms with Gasteiger partial charge in [0, 0.05) is 36.2 Å². The van der Waals surface area contributed by atoms with Crippen molar-refractivity contribution in [3.05, 3.63) is 113 Å². The molecule has 5 rings (SSSR count). The molecular weight excluding hydrogens is 497 g/mol. The third-order valence-electron chi connectivity index (χ3n) is 7.00. The van der Waals surface area contributed by atoms with Gasteiger partial charge in [0.2, 0.25) is 5.91 Å². The number of carbonyl (C=O) groups is 1.